The summed E-state index contributed by atoms with van der Waals surface area (Å²) >= 11 is 0. The first-order chi connectivity index (χ1) is 6.75. The standard InChI is InChI=1S/C12H20O2/c1-2-3-4-7-10-8-5-6-9-11(10)12(13)14/h2,10-11H,1,3-9H2,(H,13,14). The van der Waals surface area contributed by atoms with E-state index in [-0.39, 0.29) is 5.92 Å². The molecule has 2 nitrogen and oxygen atoms in total. The van der Waals surface area contributed by atoms with Gasteiger partial charge in [-0.05, 0) is 38.0 Å². The van der Waals surface area contributed by atoms with Gasteiger partial charge in [0.25, 0.3) is 0 Å². The molecule has 1 fully saturated rings. The minimum absolute atomic E-state index is 0.0754. The van der Waals surface area contributed by atoms with Crippen molar-refractivity contribution in [3.05, 3.63) is 12.7 Å². The second kappa shape index (κ2) is 5.84. The Kier molecular flexibility index (Phi) is 4.71. The third-order valence-electron chi connectivity index (χ3n) is 3.21. The Balaban J connectivity index is 2.37. The van der Waals surface area contributed by atoms with Gasteiger partial charge in [0.2, 0.25) is 0 Å². The molecule has 0 heterocycles. The lowest BCUT2D eigenvalue weighted by molar-refractivity contribution is -0.145. The molecule has 1 aliphatic carbocycles. The zero-order chi connectivity index (χ0) is 10.4. The van der Waals surface area contributed by atoms with Crippen LogP contribution in [0.25, 0.3) is 0 Å². The molecule has 14 heavy (non-hydrogen) atoms. The van der Waals surface area contributed by atoms with Crippen molar-refractivity contribution in [2.24, 2.45) is 11.8 Å². The third-order valence-corrected chi connectivity index (χ3v) is 3.21. The van der Waals surface area contributed by atoms with Crippen molar-refractivity contribution in [1.82, 2.24) is 0 Å². The highest BCUT2D eigenvalue weighted by Crippen LogP contribution is 2.33. The third kappa shape index (κ3) is 3.17. The van der Waals surface area contributed by atoms with Gasteiger partial charge in [-0.15, -0.1) is 6.58 Å². The van der Waals surface area contributed by atoms with Crippen LogP contribution in [0.5, 0.6) is 0 Å². The van der Waals surface area contributed by atoms with Crippen molar-refractivity contribution >= 4 is 5.97 Å². The molecule has 2 heteroatoms. The van der Waals surface area contributed by atoms with Crippen molar-refractivity contribution in [3.63, 3.8) is 0 Å². The lowest BCUT2D eigenvalue weighted by atomic mass is 9.77. The predicted octanol–water partition coefficient (Wildman–Crippen LogP) is 3.23. The molecule has 2 unspecified atom stereocenters. The Morgan fingerprint density at radius 1 is 1.43 bits per heavy atom. The minimum Gasteiger partial charge on any atom is -0.481 e. The van der Waals surface area contributed by atoms with Crippen LogP contribution in [0.4, 0.5) is 0 Å². The Bertz CT molecular complexity index is 198. The molecule has 1 aliphatic rings. The highest BCUT2D eigenvalue weighted by Gasteiger charge is 2.29. The van der Waals surface area contributed by atoms with E-state index in [1.807, 2.05) is 6.08 Å². The summed E-state index contributed by atoms with van der Waals surface area (Å²) in [6.45, 7) is 3.68. The Morgan fingerprint density at radius 2 is 2.14 bits per heavy atom. The fraction of sp³-hybridized carbons (Fsp3) is 0.750. The number of carboxylic acids is 1. The summed E-state index contributed by atoms with van der Waals surface area (Å²) in [5.74, 6) is -0.247. The molecule has 0 spiro atoms. The van der Waals surface area contributed by atoms with E-state index in [1.165, 1.54) is 6.42 Å². The van der Waals surface area contributed by atoms with E-state index in [0.29, 0.717) is 5.92 Å². The number of aliphatic carboxylic acids is 1. The van der Waals surface area contributed by atoms with E-state index < -0.39 is 5.97 Å². The van der Waals surface area contributed by atoms with Gasteiger partial charge in [0.15, 0.2) is 0 Å². The maximum Gasteiger partial charge on any atom is 0.306 e. The first-order valence-electron chi connectivity index (χ1n) is 5.59. The lowest BCUT2D eigenvalue weighted by Crippen LogP contribution is -2.26. The molecule has 0 aromatic heterocycles. The summed E-state index contributed by atoms with van der Waals surface area (Å²) in [4.78, 5) is 11.0. The van der Waals surface area contributed by atoms with Gasteiger partial charge in [-0.3, -0.25) is 4.79 Å². The van der Waals surface area contributed by atoms with Gasteiger partial charge in [-0.2, -0.15) is 0 Å². The van der Waals surface area contributed by atoms with Gasteiger partial charge in [0.05, 0.1) is 5.92 Å². The summed E-state index contributed by atoms with van der Waals surface area (Å²) in [6, 6.07) is 0. The molecule has 0 amide bonds. The van der Waals surface area contributed by atoms with E-state index >= 15 is 0 Å². The molecule has 80 valence electrons. The van der Waals surface area contributed by atoms with E-state index in [0.717, 1.165) is 38.5 Å². The van der Waals surface area contributed by atoms with E-state index in [1.54, 1.807) is 0 Å². The van der Waals surface area contributed by atoms with Gasteiger partial charge in [0, 0.05) is 0 Å². The Morgan fingerprint density at radius 3 is 2.79 bits per heavy atom. The summed E-state index contributed by atoms with van der Waals surface area (Å²) in [7, 11) is 0. The highest BCUT2D eigenvalue weighted by atomic mass is 16.4. The van der Waals surface area contributed by atoms with Crippen LogP contribution in [0.15, 0.2) is 12.7 Å². The number of allylic oxidation sites excluding steroid dienone is 1. The first kappa shape index (κ1) is 11.3. The Hall–Kier alpha value is -0.790. The van der Waals surface area contributed by atoms with Crippen LogP contribution in [0.2, 0.25) is 0 Å². The number of hydrogen-bond acceptors (Lipinski definition) is 1. The number of rotatable bonds is 5. The van der Waals surface area contributed by atoms with Crippen molar-refractivity contribution in [2.75, 3.05) is 0 Å². The van der Waals surface area contributed by atoms with Crippen LogP contribution in [-0.4, -0.2) is 11.1 Å². The fourth-order valence-electron chi connectivity index (χ4n) is 2.40. The van der Waals surface area contributed by atoms with Gasteiger partial charge in [-0.1, -0.05) is 18.9 Å². The number of carboxylic acid groups (broad SMARTS) is 1. The second-order valence-corrected chi connectivity index (χ2v) is 4.21. The molecular formula is C12H20O2. The van der Waals surface area contributed by atoms with Crippen molar-refractivity contribution in [2.45, 2.75) is 44.9 Å². The quantitative estimate of drug-likeness (QED) is 0.541. The molecule has 1 saturated carbocycles. The molecule has 0 saturated heterocycles. The zero-order valence-corrected chi connectivity index (χ0v) is 8.74. The van der Waals surface area contributed by atoms with Gasteiger partial charge in [0.1, 0.15) is 0 Å². The van der Waals surface area contributed by atoms with Crippen LogP contribution in [-0.2, 0) is 4.79 Å². The average molecular weight is 196 g/mol. The average Bonchev–Trinajstić information content (AvgIpc) is 2.19. The largest absolute Gasteiger partial charge is 0.481 e. The summed E-state index contributed by atoms with van der Waals surface area (Å²) < 4.78 is 0. The number of carbonyl (C=O) groups is 1. The normalized spacial score (nSPS) is 27.1. The van der Waals surface area contributed by atoms with Crippen LogP contribution in [0.3, 0.4) is 0 Å². The summed E-state index contributed by atoms with van der Waals surface area (Å²) in [5, 5.41) is 9.05. The SMILES string of the molecule is C=CCCCC1CCCCC1C(=O)O. The molecule has 2 atom stereocenters. The molecule has 1 rings (SSSR count). The van der Waals surface area contributed by atoms with Gasteiger partial charge in [-0.25, -0.2) is 0 Å². The van der Waals surface area contributed by atoms with Crippen LogP contribution in [0.1, 0.15) is 44.9 Å². The number of unbranched alkanes of at least 4 members (excludes halogenated alkanes) is 1. The van der Waals surface area contributed by atoms with Gasteiger partial charge >= 0.3 is 5.97 Å². The molecule has 0 aliphatic heterocycles. The maximum absolute atomic E-state index is 11.0. The summed E-state index contributed by atoms with van der Waals surface area (Å²) in [6.07, 6.45) is 9.38. The molecule has 0 aromatic carbocycles. The van der Waals surface area contributed by atoms with Gasteiger partial charge < -0.3 is 5.11 Å². The second-order valence-electron chi connectivity index (χ2n) is 4.21. The van der Waals surface area contributed by atoms with E-state index in [2.05, 4.69) is 6.58 Å². The molecule has 1 N–H and O–H groups in total. The topological polar surface area (TPSA) is 37.3 Å². The minimum atomic E-state index is -0.590. The van der Waals surface area contributed by atoms with Crippen molar-refractivity contribution in [3.8, 4) is 0 Å². The van der Waals surface area contributed by atoms with Crippen molar-refractivity contribution in [1.29, 1.82) is 0 Å². The first-order valence-corrected chi connectivity index (χ1v) is 5.59. The number of hydrogen-bond donors (Lipinski definition) is 1. The molecule has 0 bridgehead atoms. The summed E-state index contributed by atoms with van der Waals surface area (Å²) in [5.41, 5.74) is 0. The van der Waals surface area contributed by atoms with E-state index in [9.17, 15) is 4.79 Å². The maximum atomic E-state index is 11.0. The highest BCUT2D eigenvalue weighted by molar-refractivity contribution is 5.70. The lowest BCUT2D eigenvalue weighted by Gasteiger charge is -2.28. The smallest absolute Gasteiger partial charge is 0.306 e. The zero-order valence-electron chi connectivity index (χ0n) is 8.74. The predicted molar refractivity (Wildman–Crippen MR) is 57.1 cm³/mol. The molecule has 0 radical (unpaired) electrons. The Labute approximate surface area is 86.0 Å². The van der Waals surface area contributed by atoms with Crippen molar-refractivity contribution < 1.29 is 9.90 Å². The van der Waals surface area contributed by atoms with Crippen LogP contribution < -0.4 is 0 Å². The van der Waals surface area contributed by atoms with E-state index in [4.69, 9.17) is 5.11 Å². The monoisotopic (exact) mass is 196 g/mol. The molecular weight excluding hydrogens is 176 g/mol. The van der Waals surface area contributed by atoms with Crippen LogP contribution >= 0.6 is 0 Å². The van der Waals surface area contributed by atoms with Crippen LogP contribution in [0, 0.1) is 11.8 Å². The fourth-order valence-corrected chi connectivity index (χ4v) is 2.40. The molecule has 0 aromatic rings.